The molecule has 0 unspecified atom stereocenters. The number of hydrogen-bond donors (Lipinski definition) is 2. The first-order valence-electron chi connectivity index (χ1n) is 9.72. The van der Waals surface area contributed by atoms with E-state index in [1.54, 1.807) is 24.3 Å². The highest BCUT2D eigenvalue weighted by Gasteiger charge is 2.19. The fourth-order valence-electron chi connectivity index (χ4n) is 2.75. The number of carbonyl (C=O) groups excluding carboxylic acids is 1. The molecule has 0 aliphatic heterocycles. The number of nitro benzene ring substituents is 3. The number of hydrazone groups is 1. The van der Waals surface area contributed by atoms with Crippen molar-refractivity contribution in [2.24, 2.45) is 5.10 Å². The molecule has 0 bridgehead atoms. The number of hydrogen-bond acceptors (Lipinski definition) is 10. The molecule has 14 nitrogen and oxygen atoms in total. The molecule has 0 aromatic heterocycles. The smallest absolute Gasteiger partial charge is 0.301 e. The number of nitrogens with one attached hydrogen (secondary N) is 2. The summed E-state index contributed by atoms with van der Waals surface area (Å²) in [7, 11) is 0. The minimum Gasteiger partial charge on any atom is -0.484 e. The zero-order chi connectivity index (χ0) is 25.4. The van der Waals surface area contributed by atoms with Crippen LogP contribution in [0.4, 0.5) is 28.4 Å². The minimum absolute atomic E-state index is 0.0217. The van der Waals surface area contributed by atoms with E-state index < -0.39 is 32.1 Å². The number of non-ortho nitro benzene ring substituents is 2. The summed E-state index contributed by atoms with van der Waals surface area (Å²) < 4.78 is 5.38. The number of carbonyl (C=O) groups is 1. The molecule has 0 aliphatic rings. The summed E-state index contributed by atoms with van der Waals surface area (Å²) in [4.78, 5) is 42.7. The summed E-state index contributed by atoms with van der Waals surface area (Å²) in [5.74, 6) is -0.139. The first kappa shape index (κ1) is 24.2. The summed E-state index contributed by atoms with van der Waals surface area (Å²) in [5.41, 5.74) is 2.25. The first-order valence-corrected chi connectivity index (χ1v) is 9.72. The average molecular weight is 480 g/mol. The molecule has 0 saturated heterocycles. The number of anilines is 2. The number of nitrogens with zero attached hydrogens (tertiary/aromatic N) is 4. The Labute approximate surface area is 196 Å². The molecule has 3 aromatic rings. The number of benzene rings is 3. The summed E-state index contributed by atoms with van der Waals surface area (Å²) >= 11 is 0. The van der Waals surface area contributed by atoms with Crippen LogP contribution in [0.1, 0.15) is 5.56 Å². The van der Waals surface area contributed by atoms with E-state index in [-0.39, 0.29) is 23.7 Å². The normalized spacial score (nSPS) is 10.5. The summed E-state index contributed by atoms with van der Waals surface area (Å²) in [6.07, 6.45) is 1.37. The van der Waals surface area contributed by atoms with Crippen molar-refractivity contribution in [3.05, 3.63) is 103 Å². The fourth-order valence-corrected chi connectivity index (χ4v) is 2.75. The van der Waals surface area contributed by atoms with E-state index in [9.17, 15) is 35.1 Å². The van der Waals surface area contributed by atoms with E-state index in [4.69, 9.17) is 4.74 Å². The monoisotopic (exact) mass is 480 g/mol. The zero-order valence-electron chi connectivity index (χ0n) is 17.7. The van der Waals surface area contributed by atoms with Gasteiger partial charge in [0.2, 0.25) is 0 Å². The molecule has 0 fully saturated rings. The van der Waals surface area contributed by atoms with Crippen LogP contribution in [0.15, 0.2) is 71.8 Å². The van der Waals surface area contributed by atoms with E-state index in [0.717, 1.165) is 12.1 Å². The second-order valence-electron chi connectivity index (χ2n) is 6.80. The Morgan fingerprint density at radius 2 is 1.57 bits per heavy atom. The fraction of sp³-hybridized carbons (Fsp3) is 0.0476. The standard InChI is InChI=1S/C21H16N6O8/c28-21(23-15-2-1-3-16(10-15)25(29)30)13-35-18-7-4-14(5-8-18)12-22-24-19-9-6-17(26(31)32)11-20(19)27(33)34/h1-12,24H,13H2,(H,23,28). The summed E-state index contributed by atoms with van der Waals surface area (Å²) in [6.45, 7) is -0.332. The lowest BCUT2D eigenvalue weighted by Crippen LogP contribution is -2.20. The van der Waals surface area contributed by atoms with Crippen molar-refractivity contribution in [3.8, 4) is 5.75 Å². The highest BCUT2D eigenvalue weighted by Crippen LogP contribution is 2.28. The van der Waals surface area contributed by atoms with Crippen LogP contribution in [0.3, 0.4) is 0 Å². The van der Waals surface area contributed by atoms with Gasteiger partial charge in [0.25, 0.3) is 17.3 Å². The van der Waals surface area contributed by atoms with Crippen molar-refractivity contribution in [2.75, 3.05) is 17.3 Å². The Hall–Kier alpha value is -5.40. The van der Waals surface area contributed by atoms with E-state index in [0.29, 0.717) is 11.3 Å². The molecule has 3 aromatic carbocycles. The Morgan fingerprint density at radius 1 is 0.886 bits per heavy atom. The Bertz CT molecular complexity index is 1310. The van der Waals surface area contributed by atoms with Gasteiger partial charge in [-0.05, 0) is 42.0 Å². The molecule has 2 N–H and O–H groups in total. The highest BCUT2D eigenvalue weighted by molar-refractivity contribution is 5.92. The van der Waals surface area contributed by atoms with Gasteiger partial charge in [-0.1, -0.05) is 6.07 Å². The lowest BCUT2D eigenvalue weighted by atomic mass is 10.2. The van der Waals surface area contributed by atoms with Crippen LogP contribution >= 0.6 is 0 Å². The van der Waals surface area contributed by atoms with Crippen molar-refractivity contribution in [1.82, 2.24) is 0 Å². The van der Waals surface area contributed by atoms with Crippen molar-refractivity contribution >= 4 is 40.6 Å². The average Bonchev–Trinajstić information content (AvgIpc) is 2.83. The van der Waals surface area contributed by atoms with Crippen molar-refractivity contribution in [1.29, 1.82) is 0 Å². The SMILES string of the molecule is O=C(COc1ccc(C=NNc2ccc([N+](=O)[O-])cc2[N+](=O)[O-])cc1)Nc1cccc([N+](=O)[O-])c1. The number of ether oxygens (including phenoxy) is 1. The molecule has 0 aliphatic carbocycles. The van der Waals surface area contributed by atoms with Crippen LogP contribution in [-0.2, 0) is 4.79 Å². The third-order valence-electron chi connectivity index (χ3n) is 4.38. The molecule has 0 saturated carbocycles. The maximum Gasteiger partial charge on any atom is 0.301 e. The van der Waals surface area contributed by atoms with Gasteiger partial charge in [0.1, 0.15) is 11.4 Å². The molecule has 0 radical (unpaired) electrons. The van der Waals surface area contributed by atoms with Gasteiger partial charge in [-0.25, -0.2) is 0 Å². The molecular weight excluding hydrogens is 464 g/mol. The lowest BCUT2D eigenvalue weighted by molar-refractivity contribution is -0.393. The van der Waals surface area contributed by atoms with Gasteiger partial charge in [0, 0.05) is 23.9 Å². The van der Waals surface area contributed by atoms with Crippen LogP contribution in [0.5, 0.6) is 5.75 Å². The van der Waals surface area contributed by atoms with Gasteiger partial charge in [-0.2, -0.15) is 5.10 Å². The molecular formula is C21H16N6O8. The molecule has 0 spiro atoms. The molecule has 1 amide bonds. The quantitative estimate of drug-likeness (QED) is 0.246. The van der Waals surface area contributed by atoms with Gasteiger partial charge >= 0.3 is 5.69 Å². The molecule has 14 heteroatoms. The predicted molar refractivity (Wildman–Crippen MR) is 125 cm³/mol. The zero-order valence-corrected chi connectivity index (χ0v) is 17.7. The van der Waals surface area contributed by atoms with E-state index in [2.05, 4.69) is 15.8 Å². The maximum absolute atomic E-state index is 12.0. The second kappa shape index (κ2) is 11.0. The number of amides is 1. The van der Waals surface area contributed by atoms with Crippen LogP contribution in [0.2, 0.25) is 0 Å². The third-order valence-corrected chi connectivity index (χ3v) is 4.38. The predicted octanol–water partition coefficient (Wildman–Crippen LogP) is 3.87. The molecule has 3 rings (SSSR count). The second-order valence-corrected chi connectivity index (χ2v) is 6.80. The minimum atomic E-state index is -0.758. The lowest BCUT2D eigenvalue weighted by Gasteiger charge is -2.07. The Morgan fingerprint density at radius 3 is 2.23 bits per heavy atom. The van der Waals surface area contributed by atoms with E-state index in [1.165, 1.54) is 36.5 Å². The van der Waals surface area contributed by atoms with Crippen molar-refractivity contribution in [2.45, 2.75) is 0 Å². The first-order chi connectivity index (χ1) is 16.7. The summed E-state index contributed by atoms with van der Waals surface area (Å²) in [5, 5.41) is 39.1. The van der Waals surface area contributed by atoms with Gasteiger partial charge in [0.15, 0.2) is 6.61 Å². The van der Waals surface area contributed by atoms with Crippen LogP contribution in [0, 0.1) is 30.3 Å². The van der Waals surface area contributed by atoms with Crippen LogP contribution in [0.25, 0.3) is 0 Å². The number of rotatable bonds is 10. The topological polar surface area (TPSA) is 192 Å². The largest absolute Gasteiger partial charge is 0.484 e. The van der Waals surface area contributed by atoms with Crippen molar-refractivity contribution < 1.29 is 24.3 Å². The van der Waals surface area contributed by atoms with E-state index >= 15 is 0 Å². The Balaban J connectivity index is 1.54. The van der Waals surface area contributed by atoms with Crippen LogP contribution in [-0.4, -0.2) is 33.5 Å². The van der Waals surface area contributed by atoms with Crippen LogP contribution < -0.4 is 15.5 Å². The number of nitro groups is 3. The molecule has 0 heterocycles. The molecule has 178 valence electrons. The van der Waals surface area contributed by atoms with Gasteiger partial charge in [-0.15, -0.1) is 0 Å². The van der Waals surface area contributed by atoms with Gasteiger partial charge in [0.05, 0.1) is 27.1 Å². The van der Waals surface area contributed by atoms with Gasteiger partial charge in [-0.3, -0.25) is 40.6 Å². The van der Waals surface area contributed by atoms with E-state index in [1.807, 2.05) is 0 Å². The van der Waals surface area contributed by atoms with Crippen molar-refractivity contribution in [3.63, 3.8) is 0 Å². The Kier molecular flexibility index (Phi) is 7.59. The van der Waals surface area contributed by atoms with Gasteiger partial charge < -0.3 is 10.1 Å². The third kappa shape index (κ3) is 6.79. The summed E-state index contributed by atoms with van der Waals surface area (Å²) in [6, 6.07) is 15.0. The molecule has 35 heavy (non-hydrogen) atoms. The highest BCUT2D eigenvalue weighted by atomic mass is 16.6. The molecule has 0 atom stereocenters. The maximum atomic E-state index is 12.0.